The Morgan fingerprint density at radius 2 is 1.25 bits per heavy atom. The molecule has 0 aromatic carbocycles. The van der Waals surface area contributed by atoms with E-state index in [9.17, 15) is 81.7 Å². The molecular formula is C20H31N7O26P6. The molecule has 0 radical (unpaired) electrons. The van der Waals surface area contributed by atoms with Crippen molar-refractivity contribution in [3.8, 4) is 0 Å². The van der Waals surface area contributed by atoms with Gasteiger partial charge in [0, 0.05) is 18.2 Å². The first-order valence-electron chi connectivity index (χ1n) is 15.4. The lowest BCUT2D eigenvalue weighted by molar-refractivity contribution is -0.0503. The van der Waals surface area contributed by atoms with Crippen molar-refractivity contribution in [2.75, 3.05) is 18.9 Å². The zero-order valence-electron chi connectivity index (χ0n) is 28.9. The first kappa shape index (κ1) is 47.7. The lowest BCUT2D eigenvalue weighted by Crippen LogP contribution is -2.33. The maximum absolute atomic E-state index is 12.4. The summed E-state index contributed by atoms with van der Waals surface area (Å²) in [5.74, 6) is -0.0588. The zero-order valence-corrected chi connectivity index (χ0v) is 34.2. The van der Waals surface area contributed by atoms with Gasteiger partial charge in [-0.1, -0.05) is 0 Å². The van der Waals surface area contributed by atoms with Crippen molar-refractivity contribution in [3.63, 3.8) is 0 Å². The number of nitrogens with two attached hydrogens (primary N) is 1. The van der Waals surface area contributed by atoms with Crippen LogP contribution < -0.4 is 17.0 Å². The van der Waals surface area contributed by atoms with Gasteiger partial charge in [0.05, 0.1) is 25.6 Å². The van der Waals surface area contributed by atoms with Crippen LogP contribution in [-0.2, 0) is 67.5 Å². The van der Waals surface area contributed by atoms with Crippen LogP contribution in [0.3, 0.4) is 0 Å². The molecule has 12 N–H and O–H groups in total. The third kappa shape index (κ3) is 12.2. The Balaban J connectivity index is 1.11. The molecule has 33 nitrogen and oxygen atoms in total. The smallest absolute Gasteiger partial charge is 0.390 e. The van der Waals surface area contributed by atoms with E-state index in [4.69, 9.17) is 15.2 Å². The average Bonchev–Trinajstić information content (AvgIpc) is 3.73. The molecule has 0 aliphatic carbocycles. The summed E-state index contributed by atoms with van der Waals surface area (Å²) >= 11 is 0. The maximum atomic E-state index is 12.4. The Morgan fingerprint density at radius 3 is 1.80 bits per heavy atom. The van der Waals surface area contributed by atoms with Gasteiger partial charge in [-0.25, -0.2) is 47.1 Å². The predicted molar refractivity (Wildman–Crippen MR) is 183 cm³/mol. The number of fused-ring (bicyclic) bond motifs is 1. The van der Waals surface area contributed by atoms with Crippen LogP contribution in [0.15, 0.2) is 28.4 Å². The minimum absolute atomic E-state index is 0.0260. The summed E-state index contributed by atoms with van der Waals surface area (Å²) in [6.07, 6.45) is -8.28. The van der Waals surface area contributed by atoms with Crippen LogP contribution in [0.25, 0.3) is 11.2 Å². The predicted octanol–water partition coefficient (Wildman–Crippen LogP) is -1.75. The third-order valence-corrected chi connectivity index (χ3v) is 16.7. The number of aryl methyl sites for hydroxylation is 1. The average molecular weight is 971 g/mol. The normalized spacial score (nSPS) is 29.8. The van der Waals surface area contributed by atoms with Gasteiger partial charge >= 0.3 is 52.6 Å². The van der Waals surface area contributed by atoms with E-state index in [0.717, 1.165) is 28.0 Å². The fourth-order valence-electron chi connectivity index (χ4n) is 5.08. The Hall–Kier alpha value is -2.31. The molecule has 3 aromatic heterocycles. The lowest BCUT2D eigenvalue weighted by atomic mass is 10.1. The highest BCUT2D eigenvalue weighted by molar-refractivity contribution is 7.72. The van der Waals surface area contributed by atoms with Gasteiger partial charge < -0.3 is 59.9 Å². The minimum Gasteiger partial charge on any atom is -0.390 e. The summed E-state index contributed by atoms with van der Waals surface area (Å²) in [4.78, 5) is 96.0. The molecule has 5 rings (SSSR count). The summed E-state index contributed by atoms with van der Waals surface area (Å²) in [5, 5.41) is 31.1. The highest BCUT2D eigenvalue weighted by Crippen LogP contribution is 2.75. The van der Waals surface area contributed by atoms with Crippen molar-refractivity contribution in [2.24, 2.45) is 0 Å². The number of nitrogen functional groups attached to an aromatic ring is 1. The number of phosphoric ester groups is 2. The Labute approximate surface area is 325 Å². The van der Waals surface area contributed by atoms with Gasteiger partial charge in [-0.15, -0.1) is 0 Å². The molecule has 2 aliphatic rings. The summed E-state index contributed by atoms with van der Waals surface area (Å²) < 4.78 is 114. The van der Waals surface area contributed by atoms with Crippen LogP contribution in [0, 0.1) is 6.92 Å². The highest BCUT2D eigenvalue weighted by atomic mass is 31.3. The minimum atomic E-state index is -6.58. The fraction of sp³-hybridized carbons (Fsp3) is 0.550. The number of aliphatic hydroxyl groups is 3. The number of rotatable bonds is 18. The molecule has 0 spiro atoms. The zero-order chi connectivity index (χ0) is 44.1. The van der Waals surface area contributed by atoms with Crippen molar-refractivity contribution in [1.29, 1.82) is 0 Å². The molecule has 2 aliphatic heterocycles. The summed E-state index contributed by atoms with van der Waals surface area (Å²) in [6, 6.07) is 0. The standard InChI is InChI=1S/C20H31N7O26P6/c1-8-3-26(20(32)25-18(8)31)12-2-9(28)10(47-12)4-45-54(33,34)49-56(37,38)51-58(41,42)53-59(43,44)52-57(39,40)50-55(35,36)46-5-11-14(29)15(30)19(48-11)27-7-24-13-16(21)22-6-23-17(13)27/h3,6-7,9-12,14-15,19,28-30H,2,4-5H2,1H3,(H,33,34)(H,35,36)(H,37,38)(H,39,40)(H,41,42)(H,43,44)(H2,21,22,23)(H,25,31,32)/t9-,10+,11+,12?,14+,15+,19?/m0/s1. The van der Waals surface area contributed by atoms with E-state index >= 15 is 0 Å². The van der Waals surface area contributed by atoms with Gasteiger partial charge in [-0.05, 0) is 6.92 Å². The van der Waals surface area contributed by atoms with E-state index in [0.29, 0.717) is 0 Å². The SMILES string of the molecule is Cc1cn(C2C[C@H](O)[C@@H](COP(=O)(O)OP(=O)(O)OP(=O)(O)OP(=O)(O)OP(=O)(O)OP(=O)(O)OC[C@H]3OC(n4cnc5c(N)ncnc54)[C@H](O)[C@@H]3O)O2)c(=O)[nH]c1=O. The molecule has 5 heterocycles. The molecule has 0 bridgehead atoms. The number of H-pyrrole nitrogens is 1. The number of aromatic amines is 1. The first-order chi connectivity index (χ1) is 27.0. The second-order valence-electron chi connectivity index (χ2n) is 11.9. The number of nitrogens with one attached hydrogen (secondary N) is 1. The molecule has 3 aromatic rings. The summed E-state index contributed by atoms with van der Waals surface area (Å²) in [7, 11) is -37.8. The Bertz CT molecular complexity index is 2480. The molecule has 0 amide bonds. The molecule has 8 unspecified atom stereocenters. The largest absolute Gasteiger partial charge is 0.490 e. The molecule has 13 atom stereocenters. The van der Waals surface area contributed by atoms with Gasteiger partial charge in [-0.3, -0.25) is 28.0 Å². The number of anilines is 1. The number of aromatic nitrogens is 6. The topological polar surface area (TPSA) is 492 Å². The van der Waals surface area contributed by atoms with E-state index in [1.54, 1.807) is 0 Å². The van der Waals surface area contributed by atoms with Crippen LogP contribution in [0.4, 0.5) is 5.82 Å². The van der Waals surface area contributed by atoms with Crippen LogP contribution in [-0.4, -0.2) is 117 Å². The number of imidazole rings is 1. The molecule has 332 valence electrons. The number of aliphatic hydroxyl groups excluding tert-OH is 3. The molecule has 39 heteroatoms. The van der Waals surface area contributed by atoms with E-state index in [1.165, 1.54) is 6.92 Å². The van der Waals surface area contributed by atoms with Gasteiger partial charge in [0.15, 0.2) is 17.7 Å². The second-order valence-corrected chi connectivity index (χ2v) is 21.3. The van der Waals surface area contributed by atoms with Crippen LogP contribution in [0.2, 0.25) is 0 Å². The number of phosphoric acid groups is 6. The number of nitrogens with zero attached hydrogens (tertiary/aromatic N) is 5. The third-order valence-electron chi connectivity index (χ3n) is 7.49. The van der Waals surface area contributed by atoms with Crippen molar-refractivity contribution < 1.29 is 112 Å². The quantitative estimate of drug-likeness (QED) is 0.0630. The summed E-state index contributed by atoms with van der Waals surface area (Å²) in [6.45, 7) is -1.00. The lowest BCUT2D eigenvalue weighted by Gasteiger charge is -2.22. The number of hydrogen-bond donors (Lipinski definition) is 11. The van der Waals surface area contributed by atoms with Crippen molar-refractivity contribution >= 4 is 63.9 Å². The molecule has 2 fully saturated rings. The van der Waals surface area contributed by atoms with Crippen molar-refractivity contribution in [3.05, 3.63) is 45.3 Å². The van der Waals surface area contributed by atoms with Crippen LogP contribution >= 0.6 is 46.9 Å². The van der Waals surface area contributed by atoms with E-state index in [1.807, 2.05) is 4.98 Å². The number of hydrogen-bond acceptors (Lipinski definition) is 24. The molecule has 59 heavy (non-hydrogen) atoms. The van der Waals surface area contributed by atoms with E-state index < -0.39 is 114 Å². The number of ether oxygens (including phenoxy) is 2. The van der Waals surface area contributed by atoms with Gasteiger partial charge in [0.2, 0.25) is 0 Å². The highest BCUT2D eigenvalue weighted by Gasteiger charge is 2.51. The first-order valence-corrected chi connectivity index (χ1v) is 24.4. The van der Waals surface area contributed by atoms with Crippen LogP contribution in [0.5, 0.6) is 0 Å². The van der Waals surface area contributed by atoms with Crippen molar-refractivity contribution in [2.45, 2.75) is 56.3 Å². The van der Waals surface area contributed by atoms with Crippen molar-refractivity contribution in [1.82, 2.24) is 29.1 Å². The van der Waals surface area contributed by atoms with Gasteiger partial charge in [-0.2, -0.15) is 21.6 Å². The Morgan fingerprint density at radius 1 is 0.746 bits per heavy atom. The van der Waals surface area contributed by atoms with Gasteiger partial charge in [0.25, 0.3) is 5.56 Å². The second kappa shape index (κ2) is 17.5. The monoisotopic (exact) mass is 971 g/mol. The van der Waals surface area contributed by atoms with Gasteiger partial charge in [0.1, 0.15) is 42.5 Å². The summed E-state index contributed by atoms with van der Waals surface area (Å²) in [5.41, 5.74) is 4.20. The molecular weight excluding hydrogens is 940 g/mol. The van der Waals surface area contributed by atoms with E-state index in [2.05, 4.69) is 45.6 Å². The molecule has 0 saturated carbocycles. The van der Waals surface area contributed by atoms with Crippen LogP contribution in [0.1, 0.15) is 24.4 Å². The maximum Gasteiger partial charge on any atom is 0.490 e. The van der Waals surface area contributed by atoms with E-state index in [-0.39, 0.29) is 29.0 Å². The molecule has 2 saturated heterocycles. The fourth-order valence-corrected chi connectivity index (χ4v) is 12.9. The Kier molecular flexibility index (Phi) is 14.1.